The lowest BCUT2D eigenvalue weighted by Gasteiger charge is -2.18. The number of ether oxygens (including phenoxy) is 5. The van der Waals surface area contributed by atoms with Gasteiger partial charge < -0.3 is 33.6 Å². The van der Waals surface area contributed by atoms with Gasteiger partial charge in [-0.05, 0) is 49.6 Å². The van der Waals surface area contributed by atoms with Crippen molar-refractivity contribution in [1.29, 1.82) is 5.26 Å². The molecule has 0 atom stereocenters. The molecule has 0 saturated heterocycles. The lowest BCUT2D eigenvalue weighted by molar-refractivity contribution is -0.143. The zero-order valence-corrected chi connectivity index (χ0v) is 22.8. The summed E-state index contributed by atoms with van der Waals surface area (Å²) < 4.78 is 28.6. The third-order valence-corrected chi connectivity index (χ3v) is 6.19. The molecule has 0 spiro atoms. The number of aryl methyl sites for hydroxylation is 1. The Hall–Kier alpha value is -4.39. The van der Waals surface area contributed by atoms with E-state index >= 15 is 0 Å². The van der Waals surface area contributed by atoms with Crippen LogP contribution in [0.15, 0.2) is 18.2 Å². The van der Waals surface area contributed by atoms with Gasteiger partial charge in [-0.15, -0.1) is 0 Å². The topological polar surface area (TPSA) is 121 Å². The van der Waals surface area contributed by atoms with Gasteiger partial charge in [-0.2, -0.15) is 5.26 Å². The number of nitrogens with zero attached hydrogens (tertiary/aromatic N) is 2. The first kappa shape index (κ1) is 28.2. The van der Waals surface area contributed by atoms with Gasteiger partial charge in [0, 0.05) is 18.0 Å². The van der Waals surface area contributed by atoms with E-state index in [4.69, 9.17) is 23.7 Å². The zero-order chi connectivity index (χ0) is 28.0. The Labute approximate surface area is 222 Å². The molecule has 2 aromatic carbocycles. The van der Waals surface area contributed by atoms with Gasteiger partial charge in [-0.25, -0.2) is 4.79 Å². The van der Waals surface area contributed by atoms with E-state index in [1.54, 1.807) is 33.0 Å². The van der Waals surface area contributed by atoms with E-state index in [9.17, 15) is 14.9 Å². The van der Waals surface area contributed by atoms with Crippen LogP contribution in [0.4, 0.5) is 5.69 Å². The number of rotatable bonds is 11. The second-order valence-corrected chi connectivity index (χ2v) is 8.15. The summed E-state index contributed by atoms with van der Waals surface area (Å²) in [6.07, 6.45) is 0.581. The van der Waals surface area contributed by atoms with E-state index < -0.39 is 11.9 Å². The van der Waals surface area contributed by atoms with Crippen molar-refractivity contribution in [2.24, 2.45) is 0 Å². The highest BCUT2D eigenvalue weighted by Gasteiger charge is 2.30. The standard InChI is InChI=1S/C28H33N3O7/c1-8-16-11-18-24(30-4)26(28(33)38-10-3)31(15-22(32)37-9-2)25(18)19(14-29)23(16)17-12-20(34-5)27(36-7)21(13-17)35-6/h11-13,30H,8-10,15H2,1-7H3. The number of aromatic nitrogens is 1. The molecule has 1 heterocycles. The molecule has 3 rings (SSSR count). The lowest BCUT2D eigenvalue weighted by atomic mass is 9.90. The SMILES string of the molecule is CCOC(=O)Cn1c(C(=O)OCC)c(NC)c2cc(CC)c(-c3cc(OC)c(OC)c(OC)c3)c(C#N)c21. The monoisotopic (exact) mass is 523 g/mol. The molecule has 0 saturated carbocycles. The quantitative estimate of drug-likeness (QED) is 0.361. The van der Waals surface area contributed by atoms with Crippen molar-refractivity contribution in [2.45, 2.75) is 33.7 Å². The maximum atomic E-state index is 13.1. The van der Waals surface area contributed by atoms with Crippen molar-refractivity contribution in [1.82, 2.24) is 4.57 Å². The molecule has 1 aromatic heterocycles. The Morgan fingerprint density at radius 2 is 1.61 bits per heavy atom. The summed E-state index contributed by atoms with van der Waals surface area (Å²) in [4.78, 5) is 25.8. The summed E-state index contributed by atoms with van der Waals surface area (Å²) >= 11 is 0. The van der Waals surface area contributed by atoms with Crippen LogP contribution in [0.2, 0.25) is 0 Å². The molecule has 202 valence electrons. The predicted molar refractivity (Wildman–Crippen MR) is 143 cm³/mol. The van der Waals surface area contributed by atoms with Gasteiger partial charge >= 0.3 is 11.9 Å². The highest BCUT2D eigenvalue weighted by atomic mass is 16.5. The minimum atomic E-state index is -0.617. The Morgan fingerprint density at radius 1 is 0.974 bits per heavy atom. The number of benzene rings is 2. The molecule has 0 amide bonds. The van der Waals surface area contributed by atoms with E-state index in [1.807, 2.05) is 13.0 Å². The molecule has 0 unspecified atom stereocenters. The Morgan fingerprint density at radius 3 is 2.08 bits per heavy atom. The van der Waals surface area contributed by atoms with Crippen LogP contribution in [-0.2, 0) is 27.2 Å². The molecule has 10 nitrogen and oxygen atoms in total. The first-order valence-corrected chi connectivity index (χ1v) is 12.3. The number of carbonyl (C=O) groups is 2. The normalized spacial score (nSPS) is 10.6. The van der Waals surface area contributed by atoms with Gasteiger partial charge in [0.15, 0.2) is 17.2 Å². The smallest absolute Gasteiger partial charge is 0.357 e. The van der Waals surface area contributed by atoms with Crippen LogP contribution in [0.3, 0.4) is 0 Å². The van der Waals surface area contributed by atoms with Gasteiger partial charge in [-0.3, -0.25) is 4.79 Å². The van der Waals surface area contributed by atoms with Crippen molar-refractivity contribution in [3.63, 3.8) is 0 Å². The fraction of sp³-hybridized carbons (Fsp3) is 0.393. The highest BCUT2D eigenvalue weighted by molar-refractivity contribution is 6.11. The van der Waals surface area contributed by atoms with E-state index in [2.05, 4.69) is 11.4 Å². The molecular formula is C28H33N3O7. The number of methoxy groups -OCH3 is 3. The summed E-state index contributed by atoms with van der Waals surface area (Å²) in [6, 6.07) is 7.79. The van der Waals surface area contributed by atoms with Crippen LogP contribution in [0, 0.1) is 11.3 Å². The third kappa shape index (κ3) is 4.92. The molecule has 1 N–H and O–H groups in total. The maximum Gasteiger partial charge on any atom is 0.357 e. The summed E-state index contributed by atoms with van der Waals surface area (Å²) in [5.41, 5.74) is 3.43. The van der Waals surface area contributed by atoms with Crippen LogP contribution in [-0.4, -0.2) is 58.1 Å². The molecule has 0 aliphatic heterocycles. The number of nitriles is 1. The number of esters is 2. The molecule has 3 aromatic rings. The molecule has 38 heavy (non-hydrogen) atoms. The Bertz CT molecular complexity index is 1380. The summed E-state index contributed by atoms with van der Waals surface area (Å²) in [5, 5.41) is 14.2. The fourth-order valence-corrected chi connectivity index (χ4v) is 4.68. The van der Waals surface area contributed by atoms with E-state index in [0.29, 0.717) is 51.4 Å². The minimum absolute atomic E-state index is 0.137. The summed E-state index contributed by atoms with van der Waals surface area (Å²) in [7, 11) is 6.23. The minimum Gasteiger partial charge on any atom is -0.493 e. The van der Waals surface area contributed by atoms with Crippen molar-refractivity contribution >= 4 is 28.5 Å². The third-order valence-electron chi connectivity index (χ3n) is 6.19. The van der Waals surface area contributed by atoms with Crippen LogP contribution in [0.5, 0.6) is 17.2 Å². The van der Waals surface area contributed by atoms with Gasteiger partial charge in [0.25, 0.3) is 0 Å². The molecule has 0 fully saturated rings. The maximum absolute atomic E-state index is 13.1. The van der Waals surface area contributed by atoms with Crippen molar-refractivity contribution in [3.05, 3.63) is 35.0 Å². The zero-order valence-electron chi connectivity index (χ0n) is 22.8. The molecule has 0 radical (unpaired) electrons. The van der Waals surface area contributed by atoms with E-state index in [1.165, 1.54) is 25.9 Å². The van der Waals surface area contributed by atoms with Crippen LogP contribution in [0.25, 0.3) is 22.0 Å². The largest absolute Gasteiger partial charge is 0.493 e. The summed E-state index contributed by atoms with van der Waals surface area (Å²) in [6.45, 7) is 5.42. The Balaban J connectivity index is 2.53. The number of anilines is 1. The predicted octanol–water partition coefficient (Wildman–Crippen LogP) is 4.55. The number of hydrogen-bond donors (Lipinski definition) is 1. The Kier molecular flexibility index (Phi) is 9.07. The number of carbonyl (C=O) groups excluding carboxylic acids is 2. The number of nitrogens with one attached hydrogen (secondary N) is 1. The van der Waals surface area contributed by atoms with Crippen LogP contribution < -0.4 is 19.5 Å². The molecule has 0 aliphatic carbocycles. The second-order valence-electron chi connectivity index (χ2n) is 8.15. The van der Waals surface area contributed by atoms with Gasteiger partial charge in [0.05, 0.1) is 51.3 Å². The molecule has 0 bridgehead atoms. The molecule has 10 heteroatoms. The van der Waals surface area contributed by atoms with Crippen LogP contribution in [0.1, 0.15) is 42.4 Å². The second kappa shape index (κ2) is 12.2. The van der Waals surface area contributed by atoms with Gasteiger partial charge in [0.2, 0.25) is 5.75 Å². The highest BCUT2D eigenvalue weighted by Crippen LogP contribution is 2.45. The first-order chi connectivity index (χ1) is 18.3. The van der Waals surface area contributed by atoms with Crippen molar-refractivity contribution in [3.8, 4) is 34.4 Å². The number of fused-ring (bicyclic) bond motifs is 1. The fourth-order valence-electron chi connectivity index (χ4n) is 4.68. The average Bonchev–Trinajstić information content (AvgIpc) is 3.23. The van der Waals surface area contributed by atoms with E-state index in [0.717, 1.165) is 5.56 Å². The summed E-state index contributed by atoms with van der Waals surface area (Å²) in [5.74, 6) is 0.115. The lowest BCUT2D eigenvalue weighted by Crippen LogP contribution is -2.20. The first-order valence-electron chi connectivity index (χ1n) is 12.3. The van der Waals surface area contributed by atoms with Crippen molar-refractivity contribution < 1.29 is 33.3 Å². The van der Waals surface area contributed by atoms with E-state index in [-0.39, 0.29) is 31.0 Å². The van der Waals surface area contributed by atoms with Gasteiger partial charge in [-0.1, -0.05) is 6.92 Å². The van der Waals surface area contributed by atoms with Crippen LogP contribution >= 0.6 is 0 Å². The molecule has 0 aliphatic rings. The van der Waals surface area contributed by atoms with Crippen molar-refractivity contribution in [2.75, 3.05) is 46.9 Å². The van der Waals surface area contributed by atoms with Gasteiger partial charge in [0.1, 0.15) is 12.6 Å². The number of hydrogen-bond acceptors (Lipinski definition) is 9. The molecular weight excluding hydrogens is 490 g/mol. The average molecular weight is 524 g/mol.